The summed E-state index contributed by atoms with van der Waals surface area (Å²) in [6, 6.07) is 4.03. The topological polar surface area (TPSA) is 121 Å². The van der Waals surface area contributed by atoms with Crippen LogP contribution in [-0.2, 0) is 0 Å². The fourth-order valence-corrected chi connectivity index (χ4v) is 2.14. The van der Waals surface area contributed by atoms with Gasteiger partial charge in [0.1, 0.15) is 5.69 Å². The van der Waals surface area contributed by atoms with E-state index >= 15 is 0 Å². The fourth-order valence-electron chi connectivity index (χ4n) is 2.14. The zero-order chi connectivity index (χ0) is 17.6. The molecule has 1 amide bonds. The van der Waals surface area contributed by atoms with Crippen molar-refractivity contribution in [1.82, 2.24) is 20.7 Å². The number of carbonyl (C=O) groups excluding carboxylic acids is 1. The van der Waals surface area contributed by atoms with Crippen molar-refractivity contribution in [3.05, 3.63) is 34.2 Å². The van der Waals surface area contributed by atoms with Crippen molar-refractivity contribution in [3.63, 3.8) is 0 Å². The van der Waals surface area contributed by atoms with Crippen LogP contribution in [0.1, 0.15) is 36.2 Å². The molecule has 1 heterocycles. The van der Waals surface area contributed by atoms with Crippen LogP contribution in [-0.4, -0.2) is 55.1 Å². The van der Waals surface area contributed by atoms with Crippen LogP contribution in [0.5, 0.6) is 0 Å². The van der Waals surface area contributed by atoms with Crippen molar-refractivity contribution >= 4 is 5.91 Å². The maximum atomic E-state index is 11.8. The van der Waals surface area contributed by atoms with E-state index in [-0.39, 0.29) is 5.69 Å². The molecule has 24 heavy (non-hydrogen) atoms. The zero-order valence-corrected chi connectivity index (χ0v) is 14.1. The molecule has 0 aromatic carbocycles. The summed E-state index contributed by atoms with van der Waals surface area (Å²) >= 11 is 0. The van der Waals surface area contributed by atoms with E-state index in [0.29, 0.717) is 11.3 Å². The average molecular weight is 339 g/mol. The number of rotatable bonds is 13. The molecule has 0 spiro atoms. The minimum Gasteiger partial charge on any atom is -0.425 e. The van der Waals surface area contributed by atoms with Gasteiger partial charge in [0.15, 0.2) is 0 Å². The Morgan fingerprint density at radius 2 is 1.62 bits per heavy atom. The maximum absolute atomic E-state index is 11.8. The lowest BCUT2D eigenvalue weighted by molar-refractivity contribution is 0.0891. The Morgan fingerprint density at radius 1 is 1.00 bits per heavy atom. The van der Waals surface area contributed by atoms with Crippen LogP contribution in [0, 0.1) is 0 Å². The van der Waals surface area contributed by atoms with E-state index in [1.54, 1.807) is 0 Å². The lowest BCUT2D eigenvalue weighted by Gasteiger charge is -2.08. The largest absolute Gasteiger partial charge is 0.425 e. The molecule has 0 saturated carbocycles. The third-order valence-corrected chi connectivity index (χ3v) is 3.49. The summed E-state index contributed by atoms with van der Waals surface area (Å²) in [5.41, 5.74) is 4.73. The summed E-state index contributed by atoms with van der Waals surface area (Å²) in [6.45, 7) is 4.95. The molecule has 0 bridgehead atoms. The van der Waals surface area contributed by atoms with Crippen molar-refractivity contribution < 1.29 is 10.0 Å². The predicted octanol–water partition coefficient (Wildman–Crippen LogP) is -0.486. The highest BCUT2D eigenvalue weighted by molar-refractivity contribution is 5.92. The highest BCUT2D eigenvalue weighted by atomic mass is 16.5. The number of nitrogens with zero attached hydrogens (tertiary/aromatic N) is 1. The number of pyridine rings is 1. The van der Waals surface area contributed by atoms with Gasteiger partial charge in [0.2, 0.25) is 0 Å². The second kappa shape index (κ2) is 12.5. The van der Waals surface area contributed by atoms with Gasteiger partial charge in [-0.25, -0.2) is 0 Å². The molecule has 8 nitrogen and oxygen atoms in total. The molecule has 0 radical (unpaired) electrons. The molecule has 8 heteroatoms. The monoisotopic (exact) mass is 339 g/mol. The second-order valence-corrected chi connectivity index (χ2v) is 5.52. The molecule has 1 rings (SSSR count). The molecule has 0 saturated heterocycles. The van der Waals surface area contributed by atoms with Gasteiger partial charge >= 0.3 is 0 Å². The van der Waals surface area contributed by atoms with E-state index in [9.17, 15) is 14.8 Å². The number of amides is 1. The van der Waals surface area contributed by atoms with Gasteiger partial charge in [-0.1, -0.05) is 6.07 Å². The minimum atomic E-state index is -0.623. The number of hydrogen-bond acceptors (Lipinski definition) is 6. The summed E-state index contributed by atoms with van der Waals surface area (Å²) in [7, 11) is 0. The molecule has 0 fully saturated rings. The number of unbranched alkanes of at least 4 members (excludes halogenated alkanes) is 1. The molecule has 0 atom stereocenters. The van der Waals surface area contributed by atoms with E-state index in [1.165, 1.54) is 18.2 Å². The molecule has 0 aliphatic carbocycles. The summed E-state index contributed by atoms with van der Waals surface area (Å²) in [6.07, 6.45) is 4.02. The lowest BCUT2D eigenvalue weighted by atomic mass is 10.3. The average Bonchev–Trinajstić information content (AvgIpc) is 2.58. The van der Waals surface area contributed by atoms with Crippen molar-refractivity contribution in [2.45, 2.75) is 25.7 Å². The van der Waals surface area contributed by atoms with E-state index in [1.807, 2.05) is 0 Å². The van der Waals surface area contributed by atoms with Gasteiger partial charge in [0, 0.05) is 12.6 Å². The number of nitrogens with two attached hydrogens (primary N) is 1. The van der Waals surface area contributed by atoms with Crippen LogP contribution >= 0.6 is 0 Å². The van der Waals surface area contributed by atoms with Crippen LogP contribution in [0.2, 0.25) is 0 Å². The molecular formula is C16H29N5O3. The first-order chi connectivity index (χ1) is 11.7. The maximum Gasteiger partial charge on any atom is 0.283 e. The Bertz CT molecular complexity index is 533. The first-order valence-corrected chi connectivity index (χ1v) is 8.48. The van der Waals surface area contributed by atoms with Gasteiger partial charge in [0.05, 0.1) is 0 Å². The second-order valence-electron chi connectivity index (χ2n) is 5.52. The molecule has 0 aliphatic rings. The van der Waals surface area contributed by atoms with E-state index in [2.05, 4.69) is 16.0 Å². The van der Waals surface area contributed by atoms with Crippen LogP contribution < -0.4 is 27.2 Å². The molecule has 6 N–H and O–H groups in total. The Balaban J connectivity index is 1.99. The fraction of sp³-hybridized carbons (Fsp3) is 0.625. The van der Waals surface area contributed by atoms with Crippen LogP contribution in [0.25, 0.3) is 0 Å². The highest BCUT2D eigenvalue weighted by Crippen LogP contribution is 1.93. The summed E-state index contributed by atoms with van der Waals surface area (Å²) in [5, 5.41) is 18.8. The van der Waals surface area contributed by atoms with Crippen molar-refractivity contribution in [1.29, 1.82) is 0 Å². The number of aromatic nitrogens is 1. The van der Waals surface area contributed by atoms with Crippen LogP contribution in [0.4, 0.5) is 0 Å². The number of nitrogens with one attached hydrogen (secondary N) is 3. The number of carbonyl (C=O) groups is 1. The summed E-state index contributed by atoms with van der Waals surface area (Å²) in [5.74, 6) is -0.459. The van der Waals surface area contributed by atoms with Crippen molar-refractivity contribution in [3.8, 4) is 0 Å². The van der Waals surface area contributed by atoms with E-state index in [0.717, 1.165) is 58.4 Å². The van der Waals surface area contributed by atoms with Crippen LogP contribution in [0.15, 0.2) is 23.0 Å². The quantitative estimate of drug-likeness (QED) is 0.244. The molecule has 0 unspecified atom stereocenters. The van der Waals surface area contributed by atoms with Crippen molar-refractivity contribution in [2.75, 3.05) is 39.3 Å². The van der Waals surface area contributed by atoms with Gasteiger partial charge in [-0.05, 0) is 64.5 Å². The summed E-state index contributed by atoms with van der Waals surface area (Å²) in [4.78, 5) is 23.1. The molecule has 0 aliphatic heterocycles. The van der Waals surface area contributed by atoms with Crippen LogP contribution in [0.3, 0.4) is 0 Å². The first-order valence-electron chi connectivity index (χ1n) is 8.48. The molecular weight excluding hydrogens is 310 g/mol. The standard InChI is InChI=1S/C16H29N5O3/c17-8-4-11-18-9-1-2-10-19-12-5-13-20-16(23)14-6-3-7-15(22)21(14)24/h3,6-7,18-19,24H,1-2,4-5,8-13,17H2,(H,20,23). The highest BCUT2D eigenvalue weighted by Gasteiger charge is 2.10. The molecule has 1 aromatic rings. The Morgan fingerprint density at radius 3 is 2.29 bits per heavy atom. The Hall–Kier alpha value is -1.90. The van der Waals surface area contributed by atoms with Crippen molar-refractivity contribution in [2.24, 2.45) is 5.73 Å². The van der Waals surface area contributed by atoms with Gasteiger partial charge in [-0.3, -0.25) is 9.59 Å². The van der Waals surface area contributed by atoms with E-state index in [4.69, 9.17) is 5.73 Å². The zero-order valence-electron chi connectivity index (χ0n) is 14.1. The third-order valence-electron chi connectivity index (χ3n) is 3.49. The van der Waals surface area contributed by atoms with E-state index < -0.39 is 11.5 Å². The molecule has 1 aromatic heterocycles. The summed E-state index contributed by atoms with van der Waals surface area (Å²) < 4.78 is 0.356. The Labute approximate surface area is 142 Å². The van der Waals surface area contributed by atoms with Gasteiger partial charge in [-0.2, -0.15) is 0 Å². The lowest BCUT2D eigenvalue weighted by Crippen LogP contribution is -2.32. The normalized spacial score (nSPS) is 10.7. The Kier molecular flexibility index (Phi) is 10.5. The minimum absolute atomic E-state index is 0.0578. The van der Waals surface area contributed by atoms with Gasteiger partial charge in [-0.15, -0.1) is 4.73 Å². The molecule has 136 valence electrons. The predicted molar refractivity (Wildman–Crippen MR) is 93.5 cm³/mol. The van der Waals surface area contributed by atoms with Gasteiger partial charge < -0.3 is 26.9 Å². The smallest absolute Gasteiger partial charge is 0.283 e. The SMILES string of the molecule is NCCCNCCCCNCCCNC(=O)c1cccc(=O)n1O. The third kappa shape index (κ3) is 8.09. The number of hydrogen-bond donors (Lipinski definition) is 5. The van der Waals surface area contributed by atoms with Gasteiger partial charge in [0.25, 0.3) is 11.5 Å². The first kappa shape index (κ1) is 20.1.